The van der Waals surface area contributed by atoms with Crippen LogP contribution in [0, 0.1) is 0 Å². The van der Waals surface area contributed by atoms with Crippen LogP contribution in [-0.2, 0) is 4.74 Å². The fraction of sp³-hybridized carbons (Fsp3) is 0.455. The largest absolute Gasteiger partial charge is 0.465 e. The number of pyridine rings is 1. The van der Waals surface area contributed by atoms with E-state index < -0.39 is 0 Å². The molecule has 1 saturated heterocycles. The topological polar surface area (TPSA) is 63.2 Å². The number of nitrogens with one attached hydrogen (secondary N) is 2. The second-order valence-electron chi connectivity index (χ2n) is 3.75. The summed E-state index contributed by atoms with van der Waals surface area (Å²) in [6.07, 6.45) is 4.25. The van der Waals surface area contributed by atoms with Crippen molar-refractivity contribution >= 4 is 11.7 Å². The van der Waals surface area contributed by atoms with Crippen LogP contribution in [0.15, 0.2) is 18.5 Å². The molecule has 2 heterocycles. The average Bonchev–Trinajstić information content (AvgIpc) is 2.82. The number of methoxy groups -OCH3 is 1. The van der Waals surface area contributed by atoms with Crippen molar-refractivity contribution in [2.75, 3.05) is 25.5 Å². The number of hydrogen-bond acceptors (Lipinski definition) is 5. The molecule has 0 aliphatic carbocycles. The first-order valence-corrected chi connectivity index (χ1v) is 5.31. The van der Waals surface area contributed by atoms with Crippen molar-refractivity contribution in [3.8, 4) is 0 Å². The molecule has 1 aliphatic heterocycles. The van der Waals surface area contributed by atoms with E-state index in [4.69, 9.17) is 4.74 Å². The SMILES string of the molecule is COC(=O)c1cnccc1NC1CCNC1. The summed E-state index contributed by atoms with van der Waals surface area (Å²) in [6, 6.07) is 2.16. The lowest BCUT2D eigenvalue weighted by atomic mass is 10.2. The highest BCUT2D eigenvalue weighted by Crippen LogP contribution is 2.17. The van der Waals surface area contributed by atoms with Gasteiger partial charge in [0.2, 0.25) is 0 Å². The normalized spacial score (nSPS) is 19.4. The third-order valence-corrected chi connectivity index (χ3v) is 2.65. The second-order valence-corrected chi connectivity index (χ2v) is 3.75. The molecule has 5 nitrogen and oxygen atoms in total. The summed E-state index contributed by atoms with van der Waals surface area (Å²) in [7, 11) is 1.37. The van der Waals surface area contributed by atoms with E-state index in [0.29, 0.717) is 11.6 Å². The van der Waals surface area contributed by atoms with E-state index in [9.17, 15) is 4.79 Å². The van der Waals surface area contributed by atoms with Gasteiger partial charge in [0.1, 0.15) is 5.56 Å². The number of ether oxygens (including phenoxy) is 1. The van der Waals surface area contributed by atoms with Gasteiger partial charge in [-0.05, 0) is 19.0 Å². The Morgan fingerprint density at radius 1 is 1.69 bits per heavy atom. The average molecular weight is 221 g/mol. The van der Waals surface area contributed by atoms with Gasteiger partial charge >= 0.3 is 5.97 Å². The van der Waals surface area contributed by atoms with E-state index >= 15 is 0 Å². The standard InChI is InChI=1S/C11H15N3O2/c1-16-11(15)9-7-13-5-3-10(9)14-8-2-4-12-6-8/h3,5,7-8,12H,2,4,6H2,1H3,(H,13,14). The van der Waals surface area contributed by atoms with Crippen molar-refractivity contribution in [1.82, 2.24) is 10.3 Å². The molecule has 1 fully saturated rings. The van der Waals surface area contributed by atoms with Crippen molar-refractivity contribution < 1.29 is 9.53 Å². The van der Waals surface area contributed by atoms with Gasteiger partial charge in [0.05, 0.1) is 12.8 Å². The van der Waals surface area contributed by atoms with Crippen LogP contribution >= 0.6 is 0 Å². The van der Waals surface area contributed by atoms with E-state index in [-0.39, 0.29) is 5.97 Å². The van der Waals surface area contributed by atoms with Crippen LogP contribution in [0.25, 0.3) is 0 Å². The highest BCUT2D eigenvalue weighted by Gasteiger charge is 2.17. The van der Waals surface area contributed by atoms with Gasteiger partial charge < -0.3 is 15.4 Å². The predicted molar refractivity (Wildman–Crippen MR) is 60.5 cm³/mol. The first-order valence-electron chi connectivity index (χ1n) is 5.31. The molecule has 1 aromatic heterocycles. The Morgan fingerprint density at radius 3 is 3.25 bits per heavy atom. The van der Waals surface area contributed by atoms with Crippen molar-refractivity contribution in [2.24, 2.45) is 0 Å². The molecule has 1 atom stereocenters. The highest BCUT2D eigenvalue weighted by atomic mass is 16.5. The molecule has 0 bridgehead atoms. The number of carbonyl (C=O) groups is 1. The van der Waals surface area contributed by atoms with Gasteiger partial charge in [0.15, 0.2) is 0 Å². The smallest absolute Gasteiger partial charge is 0.341 e. The zero-order chi connectivity index (χ0) is 11.4. The number of hydrogen-bond donors (Lipinski definition) is 2. The summed E-state index contributed by atoms with van der Waals surface area (Å²) in [5, 5.41) is 6.58. The number of aromatic nitrogens is 1. The molecule has 0 saturated carbocycles. The molecule has 0 aromatic carbocycles. The molecule has 1 unspecified atom stereocenters. The molecule has 2 rings (SSSR count). The monoisotopic (exact) mass is 221 g/mol. The summed E-state index contributed by atoms with van der Waals surface area (Å²) >= 11 is 0. The Morgan fingerprint density at radius 2 is 2.56 bits per heavy atom. The second kappa shape index (κ2) is 4.94. The molecule has 1 aromatic rings. The molecule has 5 heteroatoms. The zero-order valence-corrected chi connectivity index (χ0v) is 9.19. The predicted octanol–water partition coefficient (Wildman–Crippen LogP) is 0.642. The third-order valence-electron chi connectivity index (χ3n) is 2.65. The number of rotatable bonds is 3. The van der Waals surface area contributed by atoms with Crippen molar-refractivity contribution in [1.29, 1.82) is 0 Å². The quantitative estimate of drug-likeness (QED) is 0.733. The molecular weight excluding hydrogens is 206 g/mol. The van der Waals surface area contributed by atoms with Gasteiger partial charge in [0.25, 0.3) is 0 Å². The number of carbonyl (C=O) groups excluding carboxylic acids is 1. The highest BCUT2D eigenvalue weighted by molar-refractivity contribution is 5.95. The van der Waals surface area contributed by atoms with Gasteiger partial charge in [0, 0.05) is 25.0 Å². The molecular formula is C11H15N3O2. The summed E-state index contributed by atoms with van der Waals surface area (Å²) in [5.74, 6) is -0.360. The Hall–Kier alpha value is -1.62. The first kappa shape index (κ1) is 10.9. The summed E-state index contributed by atoms with van der Waals surface area (Å²) < 4.78 is 4.71. The molecule has 1 aliphatic rings. The molecule has 0 amide bonds. The van der Waals surface area contributed by atoms with Gasteiger partial charge in [-0.3, -0.25) is 4.98 Å². The lowest BCUT2D eigenvalue weighted by Crippen LogP contribution is -2.23. The van der Waals surface area contributed by atoms with Crippen molar-refractivity contribution in [3.05, 3.63) is 24.0 Å². The molecule has 0 spiro atoms. The van der Waals surface area contributed by atoms with Gasteiger partial charge in [-0.25, -0.2) is 4.79 Å². The van der Waals surface area contributed by atoms with Crippen molar-refractivity contribution in [2.45, 2.75) is 12.5 Å². The number of nitrogens with zero attached hydrogens (tertiary/aromatic N) is 1. The van der Waals surface area contributed by atoms with Crippen LogP contribution in [0.3, 0.4) is 0 Å². The van der Waals surface area contributed by atoms with Crippen LogP contribution < -0.4 is 10.6 Å². The van der Waals surface area contributed by atoms with Crippen LogP contribution in [0.4, 0.5) is 5.69 Å². The summed E-state index contributed by atoms with van der Waals surface area (Å²) in [6.45, 7) is 1.93. The minimum Gasteiger partial charge on any atom is -0.465 e. The van der Waals surface area contributed by atoms with Crippen molar-refractivity contribution in [3.63, 3.8) is 0 Å². The van der Waals surface area contributed by atoms with Crippen LogP contribution in [0.5, 0.6) is 0 Å². The number of anilines is 1. The van der Waals surface area contributed by atoms with Gasteiger partial charge in [-0.15, -0.1) is 0 Å². The Balaban J connectivity index is 2.15. The van der Waals surface area contributed by atoms with Crippen LogP contribution in [-0.4, -0.2) is 37.2 Å². The van der Waals surface area contributed by atoms with E-state index in [1.807, 2.05) is 0 Å². The maximum Gasteiger partial charge on any atom is 0.341 e. The van der Waals surface area contributed by atoms with Crippen LogP contribution in [0.1, 0.15) is 16.8 Å². The zero-order valence-electron chi connectivity index (χ0n) is 9.19. The maximum absolute atomic E-state index is 11.5. The van der Waals surface area contributed by atoms with Gasteiger partial charge in [-0.2, -0.15) is 0 Å². The van der Waals surface area contributed by atoms with E-state index in [1.54, 1.807) is 12.3 Å². The first-order chi connectivity index (χ1) is 7.81. The summed E-state index contributed by atoms with van der Waals surface area (Å²) in [4.78, 5) is 15.4. The Kier molecular flexibility index (Phi) is 3.36. The Bertz CT molecular complexity index is 375. The van der Waals surface area contributed by atoms with E-state index in [2.05, 4.69) is 15.6 Å². The van der Waals surface area contributed by atoms with E-state index in [1.165, 1.54) is 13.3 Å². The lowest BCUT2D eigenvalue weighted by Gasteiger charge is -2.15. The lowest BCUT2D eigenvalue weighted by molar-refractivity contribution is 0.0601. The summed E-state index contributed by atoms with van der Waals surface area (Å²) in [5.41, 5.74) is 1.27. The van der Waals surface area contributed by atoms with Crippen LogP contribution in [0.2, 0.25) is 0 Å². The minimum atomic E-state index is -0.360. The van der Waals surface area contributed by atoms with E-state index in [0.717, 1.165) is 25.2 Å². The Labute approximate surface area is 94.2 Å². The van der Waals surface area contributed by atoms with Gasteiger partial charge in [-0.1, -0.05) is 0 Å². The molecule has 0 radical (unpaired) electrons. The third kappa shape index (κ3) is 2.30. The minimum absolute atomic E-state index is 0.360. The fourth-order valence-electron chi connectivity index (χ4n) is 1.79. The fourth-order valence-corrected chi connectivity index (χ4v) is 1.79. The maximum atomic E-state index is 11.5. The molecule has 16 heavy (non-hydrogen) atoms. The number of esters is 1. The molecule has 86 valence electrons. The molecule has 2 N–H and O–H groups in total.